The van der Waals surface area contributed by atoms with E-state index in [0.717, 1.165) is 0 Å². The van der Waals surface area contributed by atoms with E-state index in [9.17, 15) is 14.4 Å². The van der Waals surface area contributed by atoms with Crippen LogP contribution in [-0.2, 0) is 19.1 Å². The van der Waals surface area contributed by atoms with E-state index in [-0.39, 0.29) is 0 Å². The zero-order valence-electron chi connectivity index (χ0n) is 14.1. The topological polar surface area (TPSA) is 81.7 Å². The second-order valence-corrected chi connectivity index (χ2v) is 6.35. The fourth-order valence-corrected chi connectivity index (χ4v) is 2.19. The summed E-state index contributed by atoms with van der Waals surface area (Å²) in [6.45, 7) is 6.55. The van der Waals surface area contributed by atoms with Crippen LogP contribution in [0.4, 0.5) is 4.79 Å². The first kappa shape index (κ1) is 18.7. The SMILES string of the molecule is COC(=O)[C@@](C)(NC(=O)OC(C)(C)C)[C@@H](C=O)c1ccccc1. The number of hydrogen-bond acceptors (Lipinski definition) is 5. The minimum absolute atomic E-state index is 0.589. The van der Waals surface area contributed by atoms with Crippen LogP contribution in [0.2, 0.25) is 0 Å². The van der Waals surface area contributed by atoms with Gasteiger partial charge in [-0.1, -0.05) is 30.3 Å². The van der Waals surface area contributed by atoms with E-state index in [1.54, 1.807) is 51.1 Å². The molecule has 1 amide bonds. The van der Waals surface area contributed by atoms with Gasteiger partial charge in [0, 0.05) is 0 Å². The molecule has 0 spiro atoms. The summed E-state index contributed by atoms with van der Waals surface area (Å²) in [7, 11) is 1.20. The van der Waals surface area contributed by atoms with Gasteiger partial charge < -0.3 is 19.6 Å². The van der Waals surface area contributed by atoms with Crippen LogP contribution in [0.25, 0.3) is 0 Å². The van der Waals surface area contributed by atoms with Crippen LogP contribution in [0.1, 0.15) is 39.2 Å². The van der Waals surface area contributed by atoms with Crippen molar-refractivity contribution in [3.63, 3.8) is 0 Å². The highest BCUT2D eigenvalue weighted by atomic mass is 16.6. The Balaban J connectivity index is 3.18. The molecule has 1 N–H and O–H groups in total. The third kappa shape index (κ3) is 4.81. The van der Waals surface area contributed by atoms with Crippen molar-refractivity contribution >= 4 is 18.3 Å². The highest BCUT2D eigenvalue weighted by molar-refractivity contribution is 5.91. The number of methoxy groups -OCH3 is 1. The Morgan fingerprint density at radius 2 is 1.70 bits per heavy atom. The maximum atomic E-state index is 12.3. The maximum absolute atomic E-state index is 12.3. The van der Waals surface area contributed by atoms with Gasteiger partial charge in [0.15, 0.2) is 5.54 Å². The minimum Gasteiger partial charge on any atom is -0.467 e. The Labute approximate surface area is 136 Å². The van der Waals surface area contributed by atoms with Crippen LogP contribution in [0.5, 0.6) is 0 Å². The number of benzene rings is 1. The van der Waals surface area contributed by atoms with Gasteiger partial charge in [-0.3, -0.25) is 0 Å². The van der Waals surface area contributed by atoms with Gasteiger partial charge >= 0.3 is 12.1 Å². The summed E-state index contributed by atoms with van der Waals surface area (Å²) in [5.41, 5.74) is -1.73. The Morgan fingerprint density at radius 3 is 2.13 bits per heavy atom. The number of alkyl carbamates (subject to hydrolysis) is 1. The van der Waals surface area contributed by atoms with Gasteiger partial charge in [0.2, 0.25) is 0 Å². The zero-order valence-corrected chi connectivity index (χ0v) is 14.1. The molecule has 1 aromatic carbocycles. The van der Waals surface area contributed by atoms with Crippen molar-refractivity contribution in [1.29, 1.82) is 0 Å². The summed E-state index contributed by atoms with van der Waals surface area (Å²) in [5, 5.41) is 2.48. The lowest BCUT2D eigenvalue weighted by molar-refractivity contribution is -0.149. The molecule has 6 nitrogen and oxygen atoms in total. The summed E-state index contributed by atoms with van der Waals surface area (Å²) in [4.78, 5) is 36.0. The second kappa shape index (κ2) is 7.26. The number of esters is 1. The average molecular weight is 321 g/mol. The van der Waals surface area contributed by atoms with Gasteiger partial charge in [-0.2, -0.15) is 0 Å². The van der Waals surface area contributed by atoms with E-state index < -0.39 is 29.1 Å². The highest BCUT2D eigenvalue weighted by Gasteiger charge is 2.45. The van der Waals surface area contributed by atoms with Crippen LogP contribution < -0.4 is 5.32 Å². The maximum Gasteiger partial charge on any atom is 0.408 e. The molecule has 0 radical (unpaired) electrons. The van der Waals surface area contributed by atoms with Gasteiger partial charge in [0.25, 0.3) is 0 Å². The number of carbonyl (C=O) groups excluding carboxylic acids is 3. The Morgan fingerprint density at radius 1 is 1.13 bits per heavy atom. The lowest BCUT2D eigenvalue weighted by Gasteiger charge is -2.33. The third-order valence-electron chi connectivity index (χ3n) is 3.29. The largest absolute Gasteiger partial charge is 0.467 e. The van der Waals surface area contributed by atoms with Crippen molar-refractivity contribution in [2.45, 2.75) is 44.8 Å². The number of hydrogen-bond donors (Lipinski definition) is 1. The minimum atomic E-state index is -1.58. The average Bonchev–Trinajstić information content (AvgIpc) is 2.46. The van der Waals surface area contributed by atoms with Crippen LogP contribution in [-0.4, -0.2) is 36.6 Å². The number of ether oxygens (including phenoxy) is 2. The first-order valence-electron chi connectivity index (χ1n) is 7.24. The second-order valence-electron chi connectivity index (χ2n) is 6.35. The smallest absolute Gasteiger partial charge is 0.408 e. The fourth-order valence-electron chi connectivity index (χ4n) is 2.19. The van der Waals surface area contributed by atoms with Crippen LogP contribution in [0, 0.1) is 0 Å². The predicted octanol–water partition coefficient (Wildman–Crippen LogP) is 2.43. The molecular weight excluding hydrogens is 298 g/mol. The molecule has 0 aliphatic rings. The summed E-state index contributed by atoms with van der Waals surface area (Å²) in [6.07, 6.45) is -0.183. The monoisotopic (exact) mass is 321 g/mol. The number of amides is 1. The molecule has 0 saturated carbocycles. The van der Waals surface area contributed by atoms with Crippen LogP contribution >= 0.6 is 0 Å². The molecule has 0 aromatic heterocycles. The molecule has 126 valence electrons. The first-order chi connectivity index (χ1) is 10.6. The van der Waals surface area contributed by atoms with Gasteiger partial charge in [0.05, 0.1) is 13.0 Å². The Bertz CT molecular complexity index is 564. The summed E-state index contributed by atoms with van der Waals surface area (Å²) in [5.74, 6) is -1.65. The van der Waals surface area contributed by atoms with Gasteiger partial charge in [-0.15, -0.1) is 0 Å². The molecule has 0 fully saturated rings. The Hall–Kier alpha value is -2.37. The molecule has 1 aromatic rings. The highest BCUT2D eigenvalue weighted by Crippen LogP contribution is 2.28. The molecular formula is C17H23NO5. The molecule has 0 heterocycles. The van der Waals surface area contributed by atoms with Gasteiger partial charge in [0.1, 0.15) is 11.9 Å². The van der Waals surface area contributed by atoms with Crippen molar-refractivity contribution in [2.24, 2.45) is 0 Å². The van der Waals surface area contributed by atoms with E-state index in [4.69, 9.17) is 9.47 Å². The van der Waals surface area contributed by atoms with Crippen molar-refractivity contribution < 1.29 is 23.9 Å². The van der Waals surface area contributed by atoms with E-state index in [0.29, 0.717) is 11.8 Å². The van der Waals surface area contributed by atoms with Crippen molar-refractivity contribution in [1.82, 2.24) is 5.32 Å². The van der Waals surface area contributed by atoms with Crippen LogP contribution in [0.15, 0.2) is 30.3 Å². The van der Waals surface area contributed by atoms with Crippen LogP contribution in [0.3, 0.4) is 0 Å². The van der Waals surface area contributed by atoms with E-state index in [2.05, 4.69) is 5.32 Å². The first-order valence-corrected chi connectivity index (χ1v) is 7.24. The van der Waals surface area contributed by atoms with Crippen molar-refractivity contribution in [2.75, 3.05) is 7.11 Å². The van der Waals surface area contributed by atoms with E-state index in [1.165, 1.54) is 14.0 Å². The lowest BCUT2D eigenvalue weighted by Crippen LogP contribution is -2.58. The van der Waals surface area contributed by atoms with Crippen molar-refractivity contribution in [3.8, 4) is 0 Å². The number of carbonyl (C=O) groups is 3. The molecule has 0 saturated heterocycles. The predicted molar refractivity (Wildman–Crippen MR) is 85.0 cm³/mol. The summed E-state index contributed by atoms with van der Waals surface area (Å²) >= 11 is 0. The fraction of sp³-hybridized carbons (Fsp3) is 0.471. The number of rotatable bonds is 5. The molecule has 6 heteroatoms. The molecule has 0 unspecified atom stereocenters. The zero-order chi connectivity index (χ0) is 17.7. The van der Waals surface area contributed by atoms with E-state index >= 15 is 0 Å². The standard InChI is InChI=1S/C17H23NO5/c1-16(2,3)23-15(21)18-17(4,14(20)22-5)13(11-19)12-9-7-6-8-10-12/h6-11,13H,1-5H3,(H,18,21)/t13-,17-/m0/s1. The molecule has 0 aliphatic carbocycles. The quantitative estimate of drug-likeness (QED) is 0.665. The van der Waals surface area contributed by atoms with Gasteiger partial charge in [-0.25, -0.2) is 9.59 Å². The molecule has 2 atom stereocenters. The Kier molecular flexibility index (Phi) is 5.90. The lowest BCUT2D eigenvalue weighted by atomic mass is 9.81. The summed E-state index contributed by atoms with van der Waals surface area (Å²) in [6, 6.07) is 8.70. The normalized spacial score (nSPS) is 15.0. The number of aldehydes is 1. The van der Waals surface area contributed by atoms with Crippen molar-refractivity contribution in [3.05, 3.63) is 35.9 Å². The van der Waals surface area contributed by atoms with Gasteiger partial charge in [-0.05, 0) is 33.3 Å². The van der Waals surface area contributed by atoms with E-state index in [1.807, 2.05) is 0 Å². The number of nitrogens with one attached hydrogen (secondary N) is 1. The molecule has 0 aliphatic heterocycles. The third-order valence-corrected chi connectivity index (χ3v) is 3.29. The molecule has 0 bridgehead atoms. The molecule has 1 rings (SSSR count). The summed E-state index contributed by atoms with van der Waals surface area (Å²) < 4.78 is 9.97. The molecule has 23 heavy (non-hydrogen) atoms.